The summed E-state index contributed by atoms with van der Waals surface area (Å²) < 4.78 is 5.26. The van der Waals surface area contributed by atoms with Crippen LogP contribution in [-0.4, -0.2) is 46.4 Å². The second-order valence-electron chi connectivity index (χ2n) is 7.38. The van der Waals surface area contributed by atoms with Gasteiger partial charge in [0, 0.05) is 13.1 Å². The highest BCUT2D eigenvalue weighted by Gasteiger charge is 2.26. The number of amides is 1. The monoisotopic (exact) mass is 390 g/mol. The van der Waals surface area contributed by atoms with E-state index in [1.807, 2.05) is 6.92 Å². The number of nitrogen functional groups attached to an aromatic ring is 1. The van der Waals surface area contributed by atoms with Crippen molar-refractivity contribution in [2.45, 2.75) is 52.5 Å². The van der Waals surface area contributed by atoms with Gasteiger partial charge in [0.2, 0.25) is 0 Å². The summed E-state index contributed by atoms with van der Waals surface area (Å²) in [6.45, 7) is 5.58. The Morgan fingerprint density at radius 1 is 1.22 bits per heavy atom. The van der Waals surface area contributed by atoms with Gasteiger partial charge in [0.1, 0.15) is 15.5 Å². The molecule has 2 aromatic heterocycles. The summed E-state index contributed by atoms with van der Waals surface area (Å²) in [5.74, 6) is 0.564. The molecule has 2 N–H and O–H groups in total. The number of carbonyl (C=O) groups is 2. The van der Waals surface area contributed by atoms with Crippen LogP contribution in [0.1, 0.15) is 53.8 Å². The van der Waals surface area contributed by atoms with Crippen molar-refractivity contribution in [1.29, 1.82) is 0 Å². The molecule has 0 radical (unpaired) electrons. The Kier molecular flexibility index (Phi) is 5.64. The minimum absolute atomic E-state index is 0.186. The van der Waals surface area contributed by atoms with Crippen LogP contribution in [0.25, 0.3) is 10.2 Å². The van der Waals surface area contributed by atoms with Crippen molar-refractivity contribution < 1.29 is 14.3 Å². The number of ether oxygens (including phenoxy) is 1. The number of hydrogen-bond donors (Lipinski definition) is 1. The molecule has 2 heterocycles. The van der Waals surface area contributed by atoms with Crippen molar-refractivity contribution in [1.82, 2.24) is 14.9 Å². The average Bonchev–Trinajstić information content (AvgIpc) is 2.96. The molecular formula is C19H26N4O3S. The molecule has 146 valence electrons. The quantitative estimate of drug-likeness (QED) is 0.806. The van der Waals surface area contributed by atoms with Crippen LogP contribution < -0.4 is 5.73 Å². The molecule has 8 heteroatoms. The fourth-order valence-electron chi connectivity index (χ4n) is 3.61. The zero-order valence-corrected chi connectivity index (χ0v) is 17.1. The van der Waals surface area contributed by atoms with Crippen LogP contribution in [0.15, 0.2) is 0 Å². The van der Waals surface area contributed by atoms with E-state index < -0.39 is 5.97 Å². The Labute approximate surface area is 162 Å². The molecule has 0 aliphatic heterocycles. The van der Waals surface area contributed by atoms with E-state index in [0.29, 0.717) is 27.6 Å². The van der Waals surface area contributed by atoms with E-state index in [0.717, 1.165) is 31.4 Å². The molecule has 1 aliphatic rings. The lowest BCUT2D eigenvalue weighted by Gasteiger charge is -2.33. The van der Waals surface area contributed by atoms with Gasteiger partial charge in [-0.15, -0.1) is 11.3 Å². The van der Waals surface area contributed by atoms with Gasteiger partial charge < -0.3 is 15.4 Å². The van der Waals surface area contributed by atoms with E-state index in [2.05, 4.69) is 16.9 Å². The predicted octanol–water partition coefficient (Wildman–Crippen LogP) is 3.08. The molecule has 7 nitrogen and oxygen atoms in total. The molecule has 0 bridgehead atoms. The topological polar surface area (TPSA) is 98.4 Å². The Bertz CT molecular complexity index is 871. The number of aryl methyl sites for hydroxylation is 2. The average molecular weight is 391 g/mol. The fourth-order valence-corrected chi connectivity index (χ4v) is 4.70. The molecule has 2 aromatic rings. The molecule has 0 atom stereocenters. The van der Waals surface area contributed by atoms with Crippen LogP contribution in [0.4, 0.5) is 5.69 Å². The van der Waals surface area contributed by atoms with Crippen molar-refractivity contribution in [3.05, 3.63) is 16.4 Å². The third kappa shape index (κ3) is 4.05. The van der Waals surface area contributed by atoms with E-state index in [-0.39, 0.29) is 23.4 Å². The normalized spacial score (nSPS) is 19.9. The number of esters is 1. The number of thiophene rings is 1. The number of nitrogens with two attached hydrogens (primary N) is 1. The van der Waals surface area contributed by atoms with E-state index in [1.165, 1.54) is 11.3 Å². The van der Waals surface area contributed by atoms with Gasteiger partial charge in [0.15, 0.2) is 6.61 Å². The molecule has 1 aliphatic carbocycles. The number of fused-ring (bicyclic) bond motifs is 1. The molecule has 27 heavy (non-hydrogen) atoms. The number of rotatable bonds is 4. The summed E-state index contributed by atoms with van der Waals surface area (Å²) in [6.07, 6.45) is 4.25. The molecule has 0 aromatic carbocycles. The van der Waals surface area contributed by atoms with Gasteiger partial charge in [-0.1, -0.05) is 6.92 Å². The Hall–Kier alpha value is -2.22. The summed E-state index contributed by atoms with van der Waals surface area (Å²) >= 11 is 1.17. The van der Waals surface area contributed by atoms with Gasteiger partial charge in [0.05, 0.1) is 16.8 Å². The highest BCUT2D eigenvalue weighted by atomic mass is 32.1. The predicted molar refractivity (Wildman–Crippen MR) is 106 cm³/mol. The van der Waals surface area contributed by atoms with Gasteiger partial charge in [-0.05, 0) is 45.4 Å². The Morgan fingerprint density at radius 3 is 2.56 bits per heavy atom. The molecular weight excluding hydrogens is 364 g/mol. The summed E-state index contributed by atoms with van der Waals surface area (Å²) in [4.78, 5) is 36.2. The van der Waals surface area contributed by atoms with Crippen molar-refractivity contribution in [3.8, 4) is 0 Å². The third-order valence-electron chi connectivity index (χ3n) is 5.32. The summed E-state index contributed by atoms with van der Waals surface area (Å²) in [5.41, 5.74) is 7.17. The highest BCUT2D eigenvalue weighted by Crippen LogP contribution is 2.34. The fraction of sp³-hybridized carbons (Fsp3) is 0.579. The molecule has 3 rings (SSSR count). The van der Waals surface area contributed by atoms with Crippen LogP contribution >= 0.6 is 11.3 Å². The van der Waals surface area contributed by atoms with Crippen molar-refractivity contribution in [2.75, 3.05) is 19.4 Å². The molecule has 1 fully saturated rings. The smallest absolute Gasteiger partial charge is 0.351 e. The largest absolute Gasteiger partial charge is 0.451 e. The van der Waals surface area contributed by atoms with Crippen LogP contribution in [-0.2, 0) is 9.53 Å². The third-order valence-corrected chi connectivity index (χ3v) is 6.40. The summed E-state index contributed by atoms with van der Waals surface area (Å²) in [5, 5.41) is 0.678. The van der Waals surface area contributed by atoms with E-state index in [1.54, 1.807) is 18.9 Å². The first-order chi connectivity index (χ1) is 12.8. The first-order valence-corrected chi connectivity index (χ1v) is 10.1. The van der Waals surface area contributed by atoms with Gasteiger partial charge in [-0.2, -0.15) is 0 Å². The Balaban J connectivity index is 1.65. The Morgan fingerprint density at radius 2 is 1.89 bits per heavy atom. The lowest BCUT2D eigenvalue weighted by Crippen LogP contribution is -2.41. The van der Waals surface area contributed by atoms with Crippen molar-refractivity contribution in [2.24, 2.45) is 5.92 Å². The first kappa shape index (κ1) is 19.5. The molecule has 1 saturated carbocycles. The zero-order chi connectivity index (χ0) is 19.7. The minimum Gasteiger partial charge on any atom is -0.451 e. The van der Waals surface area contributed by atoms with Crippen LogP contribution in [0, 0.1) is 19.8 Å². The maximum absolute atomic E-state index is 12.5. The van der Waals surface area contributed by atoms with Gasteiger partial charge >= 0.3 is 5.97 Å². The van der Waals surface area contributed by atoms with Gasteiger partial charge in [-0.25, -0.2) is 14.8 Å². The highest BCUT2D eigenvalue weighted by molar-refractivity contribution is 7.21. The summed E-state index contributed by atoms with van der Waals surface area (Å²) in [6, 6.07) is 0.225. The second kappa shape index (κ2) is 7.80. The number of likely N-dealkylation sites (N-methyl/N-ethyl adjacent to an activating group) is 1. The SMILES string of the molecule is Cc1nc(C)c2c(N)c(C(=O)OCC(=O)N(C)C3CCC(C)CC3)sc2n1. The summed E-state index contributed by atoms with van der Waals surface area (Å²) in [7, 11) is 1.78. The minimum atomic E-state index is -0.591. The molecule has 0 saturated heterocycles. The molecule has 0 unspecified atom stereocenters. The zero-order valence-electron chi connectivity index (χ0n) is 16.2. The maximum atomic E-state index is 12.5. The molecule has 1 amide bonds. The number of anilines is 1. The number of hydrogen-bond acceptors (Lipinski definition) is 7. The second-order valence-corrected chi connectivity index (χ2v) is 8.37. The van der Waals surface area contributed by atoms with E-state index >= 15 is 0 Å². The standard InChI is InChI=1S/C19H26N4O3S/c1-10-5-7-13(8-6-10)23(4)14(24)9-26-19(25)17-16(20)15-11(2)21-12(3)22-18(15)27-17/h10,13H,5-9,20H2,1-4H3. The van der Waals surface area contributed by atoms with Gasteiger partial charge in [-0.3, -0.25) is 4.79 Å². The number of carbonyl (C=O) groups excluding carboxylic acids is 2. The molecule has 0 spiro atoms. The van der Waals surface area contributed by atoms with Crippen LogP contribution in [0.3, 0.4) is 0 Å². The van der Waals surface area contributed by atoms with Crippen molar-refractivity contribution >= 4 is 39.1 Å². The van der Waals surface area contributed by atoms with Crippen LogP contribution in [0.2, 0.25) is 0 Å². The number of aromatic nitrogens is 2. The lowest BCUT2D eigenvalue weighted by molar-refractivity contribution is -0.136. The van der Waals surface area contributed by atoms with Crippen LogP contribution in [0.5, 0.6) is 0 Å². The van der Waals surface area contributed by atoms with Gasteiger partial charge in [0.25, 0.3) is 5.91 Å². The number of nitrogens with zero attached hydrogens (tertiary/aromatic N) is 3. The van der Waals surface area contributed by atoms with E-state index in [4.69, 9.17) is 10.5 Å². The first-order valence-electron chi connectivity index (χ1n) is 9.24. The van der Waals surface area contributed by atoms with Crippen molar-refractivity contribution in [3.63, 3.8) is 0 Å². The lowest BCUT2D eigenvalue weighted by atomic mass is 9.87. The van der Waals surface area contributed by atoms with E-state index in [9.17, 15) is 9.59 Å². The maximum Gasteiger partial charge on any atom is 0.351 e.